The van der Waals surface area contributed by atoms with Gasteiger partial charge in [-0.15, -0.1) is 11.3 Å². The van der Waals surface area contributed by atoms with E-state index in [1.165, 1.54) is 17.4 Å². The highest BCUT2D eigenvalue weighted by atomic mass is 32.1. The van der Waals surface area contributed by atoms with Gasteiger partial charge in [0, 0.05) is 11.0 Å². The summed E-state index contributed by atoms with van der Waals surface area (Å²) in [5.74, 6) is -0.365. The molecule has 15 heavy (non-hydrogen) atoms. The largest absolute Gasteiger partial charge is 0.463 e. The molecule has 3 nitrogen and oxygen atoms in total. The van der Waals surface area contributed by atoms with Crippen LogP contribution in [0, 0.1) is 0 Å². The Morgan fingerprint density at radius 1 is 1.73 bits per heavy atom. The summed E-state index contributed by atoms with van der Waals surface area (Å²) < 4.78 is 4.71. The highest BCUT2D eigenvalue weighted by Gasteiger charge is 2.05. The van der Waals surface area contributed by atoms with Crippen LogP contribution in [0.25, 0.3) is 0 Å². The second kappa shape index (κ2) is 6.37. The molecule has 1 atom stereocenters. The maximum absolute atomic E-state index is 10.9. The molecule has 0 amide bonds. The van der Waals surface area contributed by atoms with E-state index in [0.717, 1.165) is 4.88 Å². The molecular formula is C11H14O3S. The number of rotatable bonds is 5. The molecule has 0 aliphatic carbocycles. The second-order valence-electron chi connectivity index (χ2n) is 2.92. The van der Waals surface area contributed by atoms with Crippen molar-refractivity contribution in [2.24, 2.45) is 0 Å². The fourth-order valence-electron chi connectivity index (χ4n) is 1.08. The lowest BCUT2D eigenvalue weighted by atomic mass is 10.2. The SMILES string of the molecule is CCOC(=O)/C=C/CC(O)c1cccs1. The second-order valence-corrected chi connectivity index (χ2v) is 3.90. The lowest BCUT2D eigenvalue weighted by molar-refractivity contribution is -0.137. The lowest BCUT2D eigenvalue weighted by Gasteiger charge is -2.03. The van der Waals surface area contributed by atoms with Gasteiger partial charge in [0.2, 0.25) is 0 Å². The van der Waals surface area contributed by atoms with Crippen molar-refractivity contribution in [3.05, 3.63) is 34.5 Å². The minimum atomic E-state index is -0.532. The van der Waals surface area contributed by atoms with Gasteiger partial charge in [-0.1, -0.05) is 12.1 Å². The van der Waals surface area contributed by atoms with Gasteiger partial charge in [0.15, 0.2) is 0 Å². The topological polar surface area (TPSA) is 46.5 Å². The quantitative estimate of drug-likeness (QED) is 0.619. The van der Waals surface area contributed by atoms with E-state index in [2.05, 4.69) is 0 Å². The molecule has 0 radical (unpaired) electrons. The predicted octanol–water partition coefficient (Wildman–Crippen LogP) is 2.29. The Kier molecular flexibility index (Phi) is 5.07. The van der Waals surface area contributed by atoms with Gasteiger partial charge in [-0.25, -0.2) is 4.79 Å². The molecule has 0 fully saturated rings. The van der Waals surface area contributed by atoms with Crippen molar-refractivity contribution < 1.29 is 14.6 Å². The molecule has 82 valence electrons. The Morgan fingerprint density at radius 3 is 3.13 bits per heavy atom. The van der Waals surface area contributed by atoms with Gasteiger partial charge in [-0.2, -0.15) is 0 Å². The Labute approximate surface area is 93.0 Å². The van der Waals surface area contributed by atoms with Gasteiger partial charge in [0.1, 0.15) is 0 Å². The maximum atomic E-state index is 10.9. The molecule has 1 aromatic rings. The van der Waals surface area contributed by atoms with Crippen LogP contribution in [0.1, 0.15) is 24.3 Å². The zero-order chi connectivity index (χ0) is 11.1. The predicted molar refractivity (Wildman–Crippen MR) is 59.7 cm³/mol. The molecule has 0 saturated carbocycles. The summed E-state index contributed by atoms with van der Waals surface area (Å²) in [5, 5.41) is 11.6. The summed E-state index contributed by atoms with van der Waals surface area (Å²) >= 11 is 1.50. The van der Waals surface area contributed by atoms with E-state index in [4.69, 9.17) is 4.74 Å². The summed E-state index contributed by atoms with van der Waals surface area (Å²) in [7, 11) is 0. The molecular weight excluding hydrogens is 212 g/mol. The van der Waals surface area contributed by atoms with Crippen LogP contribution >= 0.6 is 11.3 Å². The van der Waals surface area contributed by atoms with Gasteiger partial charge in [-0.05, 0) is 24.8 Å². The van der Waals surface area contributed by atoms with Crippen molar-refractivity contribution >= 4 is 17.3 Å². The van der Waals surface area contributed by atoms with Crippen LogP contribution in [0.4, 0.5) is 0 Å². The molecule has 1 heterocycles. The molecule has 1 aromatic heterocycles. The van der Waals surface area contributed by atoms with Crippen LogP contribution in [-0.4, -0.2) is 17.7 Å². The first kappa shape index (κ1) is 11.9. The van der Waals surface area contributed by atoms with E-state index in [-0.39, 0.29) is 5.97 Å². The first-order valence-corrected chi connectivity index (χ1v) is 5.66. The summed E-state index contributed by atoms with van der Waals surface area (Å²) in [5.41, 5.74) is 0. The number of esters is 1. The van der Waals surface area contributed by atoms with Crippen molar-refractivity contribution in [2.45, 2.75) is 19.4 Å². The van der Waals surface area contributed by atoms with Crippen LogP contribution < -0.4 is 0 Å². The fourth-order valence-corrected chi connectivity index (χ4v) is 1.81. The monoisotopic (exact) mass is 226 g/mol. The first-order valence-electron chi connectivity index (χ1n) is 4.78. The van der Waals surface area contributed by atoms with Crippen molar-refractivity contribution in [2.75, 3.05) is 6.61 Å². The normalized spacial score (nSPS) is 12.9. The average molecular weight is 226 g/mol. The van der Waals surface area contributed by atoms with E-state index < -0.39 is 6.10 Å². The first-order chi connectivity index (χ1) is 7.24. The summed E-state index contributed by atoms with van der Waals surface area (Å²) in [4.78, 5) is 11.8. The number of hydrogen-bond donors (Lipinski definition) is 1. The van der Waals surface area contributed by atoms with Crippen LogP contribution in [0.3, 0.4) is 0 Å². The number of ether oxygens (including phenoxy) is 1. The van der Waals surface area contributed by atoms with Gasteiger partial charge < -0.3 is 9.84 Å². The highest BCUT2D eigenvalue weighted by Crippen LogP contribution is 2.21. The smallest absolute Gasteiger partial charge is 0.330 e. The Hall–Kier alpha value is -1.13. The van der Waals surface area contributed by atoms with E-state index in [0.29, 0.717) is 13.0 Å². The third-order valence-corrected chi connectivity index (χ3v) is 2.75. The molecule has 0 spiro atoms. The third kappa shape index (κ3) is 4.27. The minimum absolute atomic E-state index is 0.365. The molecule has 1 rings (SSSR count). The van der Waals surface area contributed by atoms with Crippen molar-refractivity contribution in [3.8, 4) is 0 Å². The number of hydrogen-bond acceptors (Lipinski definition) is 4. The maximum Gasteiger partial charge on any atom is 0.330 e. The zero-order valence-electron chi connectivity index (χ0n) is 8.55. The number of thiophene rings is 1. The third-order valence-electron chi connectivity index (χ3n) is 1.77. The van der Waals surface area contributed by atoms with Gasteiger partial charge in [-0.3, -0.25) is 0 Å². The Morgan fingerprint density at radius 2 is 2.53 bits per heavy atom. The van der Waals surface area contributed by atoms with Gasteiger partial charge >= 0.3 is 5.97 Å². The van der Waals surface area contributed by atoms with E-state index >= 15 is 0 Å². The Balaban J connectivity index is 2.34. The summed E-state index contributed by atoms with van der Waals surface area (Å²) in [6.07, 6.45) is 2.87. The fraction of sp³-hybridized carbons (Fsp3) is 0.364. The van der Waals surface area contributed by atoms with Crippen molar-refractivity contribution in [1.82, 2.24) is 0 Å². The highest BCUT2D eigenvalue weighted by molar-refractivity contribution is 7.10. The van der Waals surface area contributed by atoms with Crippen molar-refractivity contribution in [1.29, 1.82) is 0 Å². The van der Waals surface area contributed by atoms with Crippen LogP contribution in [0.15, 0.2) is 29.7 Å². The summed E-state index contributed by atoms with van der Waals surface area (Å²) in [6, 6.07) is 3.76. The molecule has 0 aliphatic heterocycles. The Bertz CT molecular complexity index is 317. The van der Waals surface area contributed by atoms with E-state index in [1.54, 1.807) is 13.0 Å². The molecule has 0 aliphatic rings. The minimum Gasteiger partial charge on any atom is -0.463 e. The molecule has 0 aromatic carbocycles. The number of carbonyl (C=O) groups is 1. The zero-order valence-corrected chi connectivity index (χ0v) is 9.37. The van der Waals surface area contributed by atoms with Crippen LogP contribution in [0.5, 0.6) is 0 Å². The number of carbonyl (C=O) groups excluding carboxylic acids is 1. The number of aliphatic hydroxyl groups excluding tert-OH is 1. The van der Waals surface area contributed by atoms with Crippen molar-refractivity contribution in [3.63, 3.8) is 0 Å². The van der Waals surface area contributed by atoms with Crippen LogP contribution in [0.2, 0.25) is 0 Å². The summed E-state index contributed by atoms with van der Waals surface area (Å²) in [6.45, 7) is 2.13. The van der Waals surface area contributed by atoms with Gasteiger partial charge in [0.25, 0.3) is 0 Å². The standard InChI is InChI=1S/C11H14O3S/c1-2-14-11(13)7-3-5-9(12)10-6-4-8-15-10/h3-4,6-9,12H,2,5H2,1H3/b7-3+. The molecule has 1 unspecified atom stereocenters. The lowest BCUT2D eigenvalue weighted by Crippen LogP contribution is -1.99. The number of aliphatic hydroxyl groups is 1. The van der Waals surface area contributed by atoms with Gasteiger partial charge in [0.05, 0.1) is 12.7 Å². The van der Waals surface area contributed by atoms with E-state index in [9.17, 15) is 9.90 Å². The molecule has 0 saturated heterocycles. The molecule has 0 bridgehead atoms. The average Bonchev–Trinajstić information content (AvgIpc) is 2.70. The van der Waals surface area contributed by atoms with Crippen LogP contribution in [-0.2, 0) is 9.53 Å². The molecule has 1 N–H and O–H groups in total. The van der Waals surface area contributed by atoms with E-state index in [1.807, 2.05) is 17.5 Å². The molecule has 4 heteroatoms.